The highest BCUT2D eigenvalue weighted by molar-refractivity contribution is 6.05. The lowest BCUT2D eigenvalue weighted by molar-refractivity contribution is 0.0618. The number of aromatic nitrogens is 2. The highest BCUT2D eigenvalue weighted by atomic mass is 16.2. The lowest BCUT2D eigenvalue weighted by Crippen LogP contribution is -2.57. The van der Waals surface area contributed by atoms with Crippen LogP contribution in [-0.4, -0.2) is 70.7 Å². The average molecular weight is 382 g/mol. The number of nitrogens with zero attached hydrogens (tertiary/aromatic N) is 3. The molecule has 3 N–H and O–H groups in total. The standard InChI is InChI=1S/C20H26N6O2/c27-19(22-17-12-25-9-5-13(17)6-10-25)18-15-4-3-14(11-16(15)23-24-18)21-20(28)26-7-1-2-8-26/h3-4,11,13,17H,1-2,5-10,12H2,(H,21,28)(H,22,27)(H,23,24)/t17-/m1/s1. The molecule has 1 aromatic carbocycles. The molecule has 2 aromatic rings. The number of aromatic amines is 1. The number of amides is 3. The first-order chi connectivity index (χ1) is 13.7. The number of H-pyrrole nitrogens is 1. The summed E-state index contributed by atoms with van der Waals surface area (Å²) < 4.78 is 0. The van der Waals surface area contributed by atoms with Gasteiger partial charge in [-0.25, -0.2) is 4.79 Å². The first-order valence-corrected chi connectivity index (χ1v) is 10.2. The van der Waals surface area contributed by atoms with Gasteiger partial charge in [0, 0.05) is 36.7 Å². The van der Waals surface area contributed by atoms with Gasteiger partial charge >= 0.3 is 6.03 Å². The van der Waals surface area contributed by atoms with Crippen molar-refractivity contribution in [2.24, 2.45) is 5.92 Å². The maximum atomic E-state index is 12.8. The summed E-state index contributed by atoms with van der Waals surface area (Å²) >= 11 is 0. The molecule has 4 saturated heterocycles. The van der Waals surface area contributed by atoms with Crippen molar-refractivity contribution in [1.29, 1.82) is 0 Å². The zero-order valence-electron chi connectivity index (χ0n) is 15.9. The number of likely N-dealkylation sites (tertiary alicyclic amines) is 1. The third kappa shape index (κ3) is 3.22. The van der Waals surface area contributed by atoms with Crippen LogP contribution in [0, 0.1) is 5.92 Å². The zero-order valence-corrected chi connectivity index (χ0v) is 15.9. The van der Waals surface area contributed by atoms with Crippen LogP contribution < -0.4 is 10.6 Å². The Balaban J connectivity index is 1.29. The van der Waals surface area contributed by atoms with Crippen LogP contribution in [-0.2, 0) is 0 Å². The van der Waals surface area contributed by atoms with Crippen LogP contribution in [0.25, 0.3) is 10.9 Å². The van der Waals surface area contributed by atoms with Gasteiger partial charge in [-0.15, -0.1) is 0 Å². The largest absolute Gasteiger partial charge is 0.346 e. The summed E-state index contributed by atoms with van der Waals surface area (Å²) in [5.41, 5.74) is 1.87. The molecule has 0 unspecified atom stereocenters. The van der Waals surface area contributed by atoms with Crippen molar-refractivity contribution in [3.8, 4) is 0 Å². The summed E-state index contributed by atoms with van der Waals surface area (Å²) in [5.74, 6) is 0.449. The monoisotopic (exact) mass is 382 g/mol. The molecule has 4 aliphatic heterocycles. The molecule has 6 rings (SSSR count). The third-order valence-electron chi connectivity index (χ3n) is 6.40. The molecule has 0 saturated carbocycles. The van der Waals surface area contributed by atoms with Crippen LogP contribution in [0.3, 0.4) is 0 Å². The number of carbonyl (C=O) groups is 2. The van der Waals surface area contributed by atoms with Crippen molar-refractivity contribution in [3.05, 3.63) is 23.9 Å². The van der Waals surface area contributed by atoms with E-state index in [1.165, 1.54) is 0 Å². The Bertz CT molecular complexity index is 895. The van der Waals surface area contributed by atoms with Crippen molar-refractivity contribution in [1.82, 2.24) is 25.3 Å². The van der Waals surface area contributed by atoms with E-state index >= 15 is 0 Å². The number of rotatable bonds is 3. The summed E-state index contributed by atoms with van der Waals surface area (Å²) in [7, 11) is 0. The fourth-order valence-electron chi connectivity index (χ4n) is 4.76. The van der Waals surface area contributed by atoms with E-state index in [2.05, 4.69) is 25.7 Å². The molecule has 4 aliphatic rings. The lowest BCUT2D eigenvalue weighted by Gasteiger charge is -2.44. The minimum atomic E-state index is -0.126. The molecule has 2 bridgehead atoms. The van der Waals surface area contributed by atoms with Crippen molar-refractivity contribution in [3.63, 3.8) is 0 Å². The highest BCUT2D eigenvalue weighted by Gasteiger charge is 2.35. The Morgan fingerprint density at radius 1 is 1.11 bits per heavy atom. The van der Waals surface area contributed by atoms with Crippen molar-refractivity contribution < 1.29 is 9.59 Å². The van der Waals surface area contributed by atoms with Gasteiger partial charge in [0.1, 0.15) is 0 Å². The predicted molar refractivity (Wildman–Crippen MR) is 106 cm³/mol. The Morgan fingerprint density at radius 2 is 1.89 bits per heavy atom. The number of benzene rings is 1. The minimum Gasteiger partial charge on any atom is -0.346 e. The van der Waals surface area contributed by atoms with Gasteiger partial charge < -0.3 is 20.4 Å². The van der Waals surface area contributed by atoms with Gasteiger partial charge in [-0.2, -0.15) is 5.10 Å². The van der Waals surface area contributed by atoms with Crippen LogP contribution >= 0.6 is 0 Å². The van der Waals surface area contributed by atoms with Gasteiger partial charge in [-0.3, -0.25) is 9.89 Å². The highest BCUT2D eigenvalue weighted by Crippen LogP contribution is 2.28. The van der Waals surface area contributed by atoms with E-state index in [-0.39, 0.29) is 18.0 Å². The van der Waals surface area contributed by atoms with Crippen molar-refractivity contribution >= 4 is 28.5 Å². The smallest absolute Gasteiger partial charge is 0.321 e. The maximum Gasteiger partial charge on any atom is 0.321 e. The first kappa shape index (κ1) is 17.5. The van der Waals surface area contributed by atoms with E-state index in [4.69, 9.17) is 0 Å². The van der Waals surface area contributed by atoms with Gasteiger partial charge in [0.05, 0.1) is 5.52 Å². The molecule has 0 aliphatic carbocycles. The van der Waals surface area contributed by atoms with E-state index in [1.54, 1.807) is 0 Å². The van der Waals surface area contributed by atoms with Crippen LogP contribution in [0.1, 0.15) is 36.2 Å². The van der Waals surface area contributed by atoms with Crippen LogP contribution in [0.2, 0.25) is 0 Å². The van der Waals surface area contributed by atoms with Gasteiger partial charge in [-0.05, 0) is 62.9 Å². The number of piperidine rings is 3. The Labute approximate surface area is 163 Å². The summed E-state index contributed by atoms with van der Waals surface area (Å²) in [6.45, 7) is 4.85. The third-order valence-corrected chi connectivity index (χ3v) is 6.40. The van der Waals surface area contributed by atoms with Crippen molar-refractivity contribution in [2.45, 2.75) is 31.7 Å². The van der Waals surface area contributed by atoms with Crippen molar-refractivity contribution in [2.75, 3.05) is 38.0 Å². The van der Waals surface area contributed by atoms with Gasteiger partial charge in [0.25, 0.3) is 5.91 Å². The van der Waals surface area contributed by atoms with E-state index in [1.807, 2.05) is 23.1 Å². The fourth-order valence-corrected chi connectivity index (χ4v) is 4.76. The lowest BCUT2D eigenvalue weighted by atomic mass is 9.84. The predicted octanol–water partition coefficient (Wildman–Crippen LogP) is 2.01. The number of carbonyl (C=O) groups excluding carboxylic acids is 2. The van der Waals surface area contributed by atoms with Gasteiger partial charge in [0.15, 0.2) is 5.69 Å². The van der Waals surface area contributed by atoms with Crippen LogP contribution in [0.5, 0.6) is 0 Å². The molecule has 1 atom stereocenters. The number of nitrogens with one attached hydrogen (secondary N) is 3. The summed E-state index contributed by atoms with van der Waals surface area (Å²) in [6, 6.07) is 5.65. The molecule has 8 nitrogen and oxygen atoms in total. The summed E-state index contributed by atoms with van der Waals surface area (Å²) in [5, 5.41) is 14.1. The SMILES string of the molecule is O=C(N[C@@H]1CN2CCC1CC2)c1n[nH]c2cc(NC(=O)N3CCCC3)ccc12. The molecule has 0 spiro atoms. The van der Waals surface area contributed by atoms with E-state index in [0.29, 0.717) is 17.3 Å². The second-order valence-electron chi connectivity index (χ2n) is 8.17. The normalized spacial score (nSPS) is 26.6. The minimum absolute atomic E-state index is 0.0725. The second-order valence-corrected chi connectivity index (χ2v) is 8.17. The Hall–Kier alpha value is -2.61. The van der Waals surface area contributed by atoms with E-state index in [0.717, 1.165) is 69.3 Å². The number of anilines is 1. The second kappa shape index (κ2) is 7.09. The number of urea groups is 1. The van der Waals surface area contributed by atoms with Gasteiger partial charge in [0.2, 0.25) is 0 Å². The fraction of sp³-hybridized carbons (Fsp3) is 0.550. The number of hydrogen-bond donors (Lipinski definition) is 3. The topological polar surface area (TPSA) is 93.4 Å². The van der Waals surface area contributed by atoms with Gasteiger partial charge in [-0.1, -0.05) is 0 Å². The molecule has 0 radical (unpaired) electrons. The zero-order chi connectivity index (χ0) is 19.1. The molecular weight excluding hydrogens is 356 g/mol. The molecule has 28 heavy (non-hydrogen) atoms. The molecule has 5 heterocycles. The molecular formula is C20H26N6O2. The Morgan fingerprint density at radius 3 is 2.61 bits per heavy atom. The molecule has 1 aromatic heterocycles. The number of fused-ring (bicyclic) bond motifs is 4. The summed E-state index contributed by atoms with van der Waals surface area (Å²) in [4.78, 5) is 29.3. The Kier molecular flexibility index (Phi) is 4.43. The van der Waals surface area contributed by atoms with Crippen LogP contribution in [0.4, 0.5) is 10.5 Å². The van der Waals surface area contributed by atoms with E-state index in [9.17, 15) is 9.59 Å². The molecule has 8 heteroatoms. The number of hydrogen-bond acceptors (Lipinski definition) is 4. The molecule has 148 valence electrons. The molecule has 4 fully saturated rings. The van der Waals surface area contributed by atoms with E-state index < -0.39 is 0 Å². The van der Waals surface area contributed by atoms with Crippen LogP contribution in [0.15, 0.2) is 18.2 Å². The average Bonchev–Trinajstić information content (AvgIpc) is 3.39. The molecule has 3 amide bonds. The maximum absolute atomic E-state index is 12.8. The quantitative estimate of drug-likeness (QED) is 0.757. The summed E-state index contributed by atoms with van der Waals surface area (Å²) in [6.07, 6.45) is 4.44. The first-order valence-electron chi connectivity index (χ1n) is 10.2.